The zero-order chi connectivity index (χ0) is 18.8. The number of ether oxygens (including phenoxy) is 1. The molecule has 0 saturated carbocycles. The molecular weight excluding hydrogens is 328 g/mol. The van der Waals surface area contributed by atoms with Gasteiger partial charge in [0.25, 0.3) is 0 Å². The fraction of sp³-hybridized carbons (Fsp3) is 0.650. The second-order valence-corrected chi connectivity index (χ2v) is 7.39. The molecule has 0 bridgehead atoms. The molecule has 0 aliphatic carbocycles. The van der Waals surface area contributed by atoms with Crippen LogP contribution >= 0.6 is 0 Å². The lowest BCUT2D eigenvalue weighted by Crippen LogP contribution is -2.48. The maximum atomic E-state index is 9.36. The van der Waals surface area contributed by atoms with Crippen LogP contribution in [-0.2, 0) is 11.2 Å². The van der Waals surface area contributed by atoms with Crippen molar-refractivity contribution in [2.24, 2.45) is 10.4 Å². The van der Waals surface area contributed by atoms with Crippen LogP contribution < -0.4 is 10.6 Å². The van der Waals surface area contributed by atoms with E-state index in [1.165, 1.54) is 5.56 Å². The van der Waals surface area contributed by atoms with Gasteiger partial charge in [-0.2, -0.15) is 0 Å². The van der Waals surface area contributed by atoms with Crippen molar-refractivity contribution >= 4 is 5.96 Å². The monoisotopic (exact) mass is 362 g/mol. The summed E-state index contributed by atoms with van der Waals surface area (Å²) in [5, 5.41) is 16.2. The number of likely N-dealkylation sites (N-methyl/N-ethyl adjacent to an activating group) is 1. The molecule has 1 heterocycles. The fourth-order valence-electron chi connectivity index (χ4n) is 3.34. The van der Waals surface area contributed by atoms with Gasteiger partial charge in [0.05, 0.1) is 6.61 Å². The van der Waals surface area contributed by atoms with Crippen molar-refractivity contribution in [1.29, 1.82) is 0 Å². The zero-order valence-electron chi connectivity index (χ0n) is 16.4. The number of hydrogen-bond acceptors (Lipinski definition) is 4. The van der Waals surface area contributed by atoms with E-state index in [1.54, 1.807) is 7.05 Å². The maximum Gasteiger partial charge on any atom is 0.191 e. The van der Waals surface area contributed by atoms with Crippen molar-refractivity contribution in [3.8, 4) is 0 Å². The SMILES string of the molecule is CN=C(NCC(Cc1ccccc1)N(C)C)NCC1(CCO)CCOC1. The van der Waals surface area contributed by atoms with Crippen LogP contribution in [0, 0.1) is 5.41 Å². The molecule has 6 heteroatoms. The molecule has 1 aliphatic rings. The summed E-state index contributed by atoms with van der Waals surface area (Å²) in [5.41, 5.74) is 1.35. The van der Waals surface area contributed by atoms with Crippen LogP contribution in [0.1, 0.15) is 18.4 Å². The number of hydrogen-bond donors (Lipinski definition) is 3. The van der Waals surface area contributed by atoms with Gasteiger partial charge in [-0.25, -0.2) is 0 Å². The van der Waals surface area contributed by atoms with Gasteiger partial charge in [0, 0.05) is 44.8 Å². The van der Waals surface area contributed by atoms with E-state index in [0.29, 0.717) is 12.6 Å². The summed E-state index contributed by atoms with van der Waals surface area (Å²) in [6, 6.07) is 10.9. The predicted molar refractivity (Wildman–Crippen MR) is 107 cm³/mol. The van der Waals surface area contributed by atoms with Crippen molar-refractivity contribution in [1.82, 2.24) is 15.5 Å². The van der Waals surface area contributed by atoms with Gasteiger partial charge in [0.15, 0.2) is 5.96 Å². The third kappa shape index (κ3) is 6.27. The second kappa shape index (κ2) is 10.5. The van der Waals surface area contributed by atoms with E-state index in [0.717, 1.165) is 44.9 Å². The Hall–Kier alpha value is -1.63. The summed E-state index contributed by atoms with van der Waals surface area (Å²) in [6.45, 7) is 3.24. The maximum absolute atomic E-state index is 9.36. The van der Waals surface area contributed by atoms with Gasteiger partial charge in [-0.15, -0.1) is 0 Å². The normalized spacial score (nSPS) is 21.8. The Bertz CT molecular complexity index is 542. The molecule has 0 radical (unpaired) electrons. The van der Waals surface area contributed by atoms with Crippen molar-refractivity contribution in [2.75, 3.05) is 54.1 Å². The summed E-state index contributed by atoms with van der Waals surface area (Å²) >= 11 is 0. The number of aliphatic imine (C=N–C) groups is 1. The minimum Gasteiger partial charge on any atom is -0.396 e. The fourth-order valence-corrected chi connectivity index (χ4v) is 3.34. The molecule has 26 heavy (non-hydrogen) atoms. The molecule has 1 saturated heterocycles. The molecule has 3 N–H and O–H groups in total. The molecule has 2 atom stereocenters. The number of guanidine groups is 1. The van der Waals surface area contributed by atoms with Gasteiger partial charge in [-0.3, -0.25) is 4.99 Å². The Morgan fingerprint density at radius 3 is 2.65 bits per heavy atom. The predicted octanol–water partition coefficient (Wildman–Crippen LogP) is 1.11. The summed E-state index contributed by atoms with van der Waals surface area (Å²) < 4.78 is 5.56. The Kier molecular flexibility index (Phi) is 8.35. The highest BCUT2D eigenvalue weighted by molar-refractivity contribution is 5.79. The van der Waals surface area contributed by atoms with Gasteiger partial charge < -0.3 is 25.4 Å². The Labute approximate surface area is 157 Å². The van der Waals surface area contributed by atoms with E-state index in [1.807, 2.05) is 6.07 Å². The first kappa shape index (κ1) is 20.7. The Morgan fingerprint density at radius 1 is 1.31 bits per heavy atom. The first-order chi connectivity index (χ1) is 12.6. The summed E-state index contributed by atoms with van der Waals surface area (Å²) in [5.74, 6) is 0.800. The van der Waals surface area contributed by atoms with E-state index >= 15 is 0 Å². The van der Waals surface area contributed by atoms with Crippen molar-refractivity contribution in [3.63, 3.8) is 0 Å². The summed E-state index contributed by atoms with van der Waals surface area (Å²) in [7, 11) is 6.01. The Morgan fingerprint density at radius 2 is 2.08 bits per heavy atom. The van der Waals surface area contributed by atoms with E-state index in [9.17, 15) is 5.11 Å². The minimum atomic E-state index is 0.0113. The van der Waals surface area contributed by atoms with E-state index < -0.39 is 0 Å². The highest BCUT2D eigenvalue weighted by atomic mass is 16.5. The highest BCUT2D eigenvalue weighted by Gasteiger charge is 2.34. The number of aliphatic hydroxyl groups excluding tert-OH is 1. The van der Waals surface area contributed by atoms with Gasteiger partial charge in [0.1, 0.15) is 0 Å². The van der Waals surface area contributed by atoms with Crippen LogP contribution in [0.25, 0.3) is 0 Å². The minimum absolute atomic E-state index is 0.0113. The lowest BCUT2D eigenvalue weighted by atomic mass is 9.84. The third-order valence-corrected chi connectivity index (χ3v) is 5.23. The summed E-state index contributed by atoms with van der Waals surface area (Å²) in [4.78, 5) is 6.59. The molecule has 0 amide bonds. The number of rotatable bonds is 9. The average Bonchev–Trinajstić information content (AvgIpc) is 3.10. The van der Waals surface area contributed by atoms with Crippen molar-refractivity contribution in [3.05, 3.63) is 35.9 Å². The topological polar surface area (TPSA) is 69.1 Å². The number of benzene rings is 1. The lowest BCUT2D eigenvalue weighted by Gasteiger charge is -2.29. The largest absolute Gasteiger partial charge is 0.396 e. The quantitative estimate of drug-likeness (QED) is 0.454. The van der Waals surface area contributed by atoms with Crippen LogP contribution in [0.3, 0.4) is 0 Å². The van der Waals surface area contributed by atoms with Crippen LogP contribution in [0.2, 0.25) is 0 Å². The zero-order valence-corrected chi connectivity index (χ0v) is 16.4. The van der Waals surface area contributed by atoms with E-state index in [-0.39, 0.29) is 12.0 Å². The van der Waals surface area contributed by atoms with Crippen LogP contribution in [0.15, 0.2) is 35.3 Å². The smallest absolute Gasteiger partial charge is 0.191 e. The van der Waals surface area contributed by atoms with Crippen LogP contribution in [-0.4, -0.2) is 76.1 Å². The Balaban J connectivity index is 1.85. The molecule has 1 aromatic rings. The van der Waals surface area contributed by atoms with Crippen LogP contribution in [0.5, 0.6) is 0 Å². The molecule has 2 unspecified atom stereocenters. The average molecular weight is 363 g/mol. The first-order valence-corrected chi connectivity index (χ1v) is 9.42. The van der Waals surface area contributed by atoms with Crippen molar-refractivity contribution in [2.45, 2.75) is 25.3 Å². The highest BCUT2D eigenvalue weighted by Crippen LogP contribution is 2.31. The number of nitrogens with zero attached hydrogens (tertiary/aromatic N) is 2. The van der Waals surface area contributed by atoms with Crippen LogP contribution in [0.4, 0.5) is 0 Å². The number of nitrogens with one attached hydrogen (secondary N) is 2. The molecule has 146 valence electrons. The van der Waals surface area contributed by atoms with E-state index in [4.69, 9.17) is 4.74 Å². The molecular formula is C20H34N4O2. The number of aliphatic hydroxyl groups is 1. The molecule has 1 fully saturated rings. The first-order valence-electron chi connectivity index (χ1n) is 9.42. The second-order valence-electron chi connectivity index (χ2n) is 7.39. The third-order valence-electron chi connectivity index (χ3n) is 5.23. The molecule has 2 rings (SSSR count). The van der Waals surface area contributed by atoms with Gasteiger partial charge in [-0.05, 0) is 38.9 Å². The van der Waals surface area contributed by atoms with E-state index in [2.05, 4.69) is 58.9 Å². The standard InChI is InChI=1S/C20H34N4O2/c1-21-19(23-15-20(9-11-25)10-12-26-16-20)22-14-18(24(2)3)13-17-7-5-4-6-8-17/h4-8,18,25H,9-16H2,1-3H3,(H2,21,22,23). The molecule has 1 aromatic carbocycles. The molecule has 6 nitrogen and oxygen atoms in total. The molecule has 0 spiro atoms. The summed E-state index contributed by atoms with van der Waals surface area (Å²) in [6.07, 6.45) is 2.72. The molecule has 1 aliphatic heterocycles. The molecule has 0 aromatic heterocycles. The van der Waals surface area contributed by atoms with Gasteiger partial charge in [0.2, 0.25) is 0 Å². The van der Waals surface area contributed by atoms with Gasteiger partial charge in [-0.1, -0.05) is 30.3 Å². The van der Waals surface area contributed by atoms with Gasteiger partial charge >= 0.3 is 0 Å². The van der Waals surface area contributed by atoms with Crippen molar-refractivity contribution < 1.29 is 9.84 Å². The lowest BCUT2D eigenvalue weighted by molar-refractivity contribution is 0.127.